The van der Waals surface area contributed by atoms with E-state index < -0.39 is 5.97 Å². The van der Waals surface area contributed by atoms with Gasteiger partial charge >= 0.3 is 5.97 Å². The zero-order valence-corrected chi connectivity index (χ0v) is 11.9. The summed E-state index contributed by atoms with van der Waals surface area (Å²) in [6, 6.07) is 13.3. The van der Waals surface area contributed by atoms with Crippen molar-refractivity contribution in [3.63, 3.8) is 0 Å². The van der Waals surface area contributed by atoms with Crippen molar-refractivity contribution < 1.29 is 9.53 Å². The topological polar surface area (TPSA) is 69.9 Å². The fourth-order valence-corrected chi connectivity index (χ4v) is 2.36. The Morgan fingerprint density at radius 1 is 1.19 bits per heavy atom. The molecule has 0 spiro atoms. The zero-order chi connectivity index (χ0) is 14.5. The number of tetrazole rings is 1. The first-order valence-corrected chi connectivity index (χ1v) is 7.20. The van der Waals surface area contributed by atoms with Crippen LogP contribution < -0.4 is 0 Å². The molecule has 0 aliphatic rings. The zero-order valence-electron chi connectivity index (χ0n) is 11.0. The molecule has 3 aromatic rings. The highest BCUT2D eigenvalue weighted by molar-refractivity contribution is 7.13. The van der Waals surface area contributed by atoms with Crippen molar-refractivity contribution in [2.75, 3.05) is 0 Å². The van der Waals surface area contributed by atoms with E-state index in [1.165, 1.54) is 16.1 Å². The van der Waals surface area contributed by atoms with E-state index >= 15 is 0 Å². The van der Waals surface area contributed by atoms with Gasteiger partial charge in [-0.2, -0.15) is 4.80 Å². The van der Waals surface area contributed by atoms with Gasteiger partial charge in [-0.1, -0.05) is 36.4 Å². The number of aromatic nitrogens is 4. The largest absolute Gasteiger partial charge is 0.459 e. The van der Waals surface area contributed by atoms with Crippen molar-refractivity contribution in [1.82, 2.24) is 20.2 Å². The Balaban J connectivity index is 1.55. The third kappa shape index (κ3) is 3.51. The number of esters is 1. The summed E-state index contributed by atoms with van der Waals surface area (Å²) in [6.07, 6.45) is 0. The van der Waals surface area contributed by atoms with Crippen LogP contribution >= 0.6 is 11.3 Å². The molecule has 3 rings (SSSR count). The highest BCUT2D eigenvalue weighted by Crippen LogP contribution is 2.19. The predicted octanol–water partition coefficient (Wildman–Crippen LogP) is 2.15. The van der Waals surface area contributed by atoms with Gasteiger partial charge in [0.05, 0.1) is 4.88 Å². The molecule has 0 N–H and O–H groups in total. The average molecular weight is 300 g/mol. The van der Waals surface area contributed by atoms with Crippen LogP contribution in [0.25, 0.3) is 10.7 Å². The molecule has 2 heterocycles. The van der Waals surface area contributed by atoms with Crippen LogP contribution in [-0.4, -0.2) is 26.2 Å². The highest BCUT2D eigenvalue weighted by atomic mass is 32.1. The summed E-state index contributed by atoms with van der Waals surface area (Å²) in [7, 11) is 0. The normalized spacial score (nSPS) is 10.5. The van der Waals surface area contributed by atoms with E-state index in [2.05, 4.69) is 15.4 Å². The standard InChI is InChI=1S/C14H12N4O2S/c19-13(20-10-11-5-2-1-3-6-11)9-18-16-14(15-17-18)12-7-4-8-21-12/h1-8H,9-10H2. The average Bonchev–Trinajstić information content (AvgIpc) is 3.17. The van der Waals surface area contributed by atoms with Crippen LogP contribution in [-0.2, 0) is 22.7 Å². The summed E-state index contributed by atoms with van der Waals surface area (Å²) >= 11 is 1.52. The lowest BCUT2D eigenvalue weighted by atomic mass is 10.2. The summed E-state index contributed by atoms with van der Waals surface area (Å²) in [5.41, 5.74) is 0.941. The number of nitrogens with zero attached hydrogens (tertiary/aromatic N) is 4. The number of carbonyl (C=O) groups is 1. The maximum absolute atomic E-state index is 11.7. The van der Waals surface area contributed by atoms with Gasteiger partial charge in [-0.05, 0) is 22.2 Å². The Kier molecular flexibility index (Phi) is 4.02. The van der Waals surface area contributed by atoms with Crippen molar-refractivity contribution in [3.8, 4) is 10.7 Å². The Morgan fingerprint density at radius 3 is 2.81 bits per heavy atom. The van der Waals surface area contributed by atoms with E-state index in [9.17, 15) is 4.79 Å². The molecular formula is C14H12N4O2S. The lowest BCUT2D eigenvalue weighted by molar-refractivity contribution is -0.146. The summed E-state index contributed by atoms with van der Waals surface area (Å²) in [4.78, 5) is 13.9. The second kappa shape index (κ2) is 6.27. The van der Waals surface area contributed by atoms with Gasteiger partial charge in [-0.25, -0.2) is 4.79 Å². The van der Waals surface area contributed by atoms with Crippen molar-refractivity contribution in [3.05, 3.63) is 53.4 Å². The quantitative estimate of drug-likeness (QED) is 0.675. The molecule has 0 saturated heterocycles. The number of hydrogen-bond donors (Lipinski definition) is 0. The molecule has 2 aromatic heterocycles. The molecule has 0 radical (unpaired) electrons. The van der Waals surface area contributed by atoms with E-state index in [1.54, 1.807) is 0 Å². The van der Waals surface area contributed by atoms with Crippen LogP contribution in [0.15, 0.2) is 47.8 Å². The van der Waals surface area contributed by atoms with Crippen LogP contribution in [0.3, 0.4) is 0 Å². The SMILES string of the molecule is O=C(Cn1nnc(-c2cccs2)n1)OCc1ccccc1. The van der Waals surface area contributed by atoms with E-state index in [0.29, 0.717) is 5.82 Å². The van der Waals surface area contributed by atoms with Gasteiger partial charge in [-0.15, -0.1) is 21.5 Å². The van der Waals surface area contributed by atoms with Crippen molar-refractivity contribution in [1.29, 1.82) is 0 Å². The monoisotopic (exact) mass is 300 g/mol. The molecule has 7 heteroatoms. The number of ether oxygens (including phenoxy) is 1. The smallest absolute Gasteiger partial charge is 0.330 e. The van der Waals surface area contributed by atoms with E-state index in [4.69, 9.17) is 4.74 Å². The van der Waals surface area contributed by atoms with Crippen LogP contribution in [0.4, 0.5) is 0 Å². The number of hydrogen-bond acceptors (Lipinski definition) is 6. The molecular weight excluding hydrogens is 288 g/mol. The molecule has 0 aliphatic carbocycles. The summed E-state index contributed by atoms with van der Waals surface area (Å²) in [6.45, 7) is 0.192. The first-order valence-electron chi connectivity index (χ1n) is 6.32. The maximum Gasteiger partial charge on any atom is 0.330 e. The molecule has 0 unspecified atom stereocenters. The Morgan fingerprint density at radius 2 is 2.05 bits per heavy atom. The van der Waals surface area contributed by atoms with Gasteiger partial charge in [-0.3, -0.25) is 0 Å². The molecule has 0 fully saturated rings. The van der Waals surface area contributed by atoms with Gasteiger partial charge in [0.2, 0.25) is 5.82 Å². The fraction of sp³-hybridized carbons (Fsp3) is 0.143. The van der Waals surface area contributed by atoms with Gasteiger partial charge < -0.3 is 4.74 Å². The second-order valence-corrected chi connectivity index (χ2v) is 5.21. The Labute approximate surface area is 125 Å². The molecule has 0 atom stereocenters. The third-order valence-electron chi connectivity index (χ3n) is 2.71. The summed E-state index contributed by atoms with van der Waals surface area (Å²) < 4.78 is 5.17. The van der Waals surface area contributed by atoms with Gasteiger partial charge in [0, 0.05) is 0 Å². The number of carbonyl (C=O) groups excluding carboxylic acids is 1. The van der Waals surface area contributed by atoms with E-state index in [1.807, 2.05) is 47.8 Å². The summed E-state index contributed by atoms with van der Waals surface area (Å²) in [5, 5.41) is 13.8. The lowest BCUT2D eigenvalue weighted by Gasteiger charge is -2.03. The minimum absolute atomic E-state index is 0.0504. The molecule has 0 aliphatic heterocycles. The first-order chi connectivity index (χ1) is 10.3. The first kappa shape index (κ1) is 13.4. The number of rotatable bonds is 5. The van der Waals surface area contributed by atoms with Crippen LogP contribution in [0, 0.1) is 0 Å². The van der Waals surface area contributed by atoms with Crippen molar-refractivity contribution in [2.24, 2.45) is 0 Å². The second-order valence-electron chi connectivity index (χ2n) is 4.27. The predicted molar refractivity (Wildman–Crippen MR) is 77.4 cm³/mol. The maximum atomic E-state index is 11.7. The third-order valence-corrected chi connectivity index (χ3v) is 3.57. The molecule has 0 saturated carbocycles. The number of benzene rings is 1. The van der Waals surface area contributed by atoms with Crippen LogP contribution in [0.1, 0.15) is 5.56 Å². The molecule has 106 valence electrons. The van der Waals surface area contributed by atoms with Gasteiger partial charge in [0.15, 0.2) is 6.54 Å². The Bertz CT molecular complexity index is 710. The van der Waals surface area contributed by atoms with Crippen molar-refractivity contribution in [2.45, 2.75) is 13.2 Å². The van der Waals surface area contributed by atoms with Crippen LogP contribution in [0.2, 0.25) is 0 Å². The molecule has 0 bridgehead atoms. The minimum Gasteiger partial charge on any atom is -0.459 e. The van der Waals surface area contributed by atoms with Crippen molar-refractivity contribution >= 4 is 17.3 Å². The lowest BCUT2D eigenvalue weighted by Crippen LogP contribution is -2.15. The molecule has 6 nitrogen and oxygen atoms in total. The van der Waals surface area contributed by atoms with Gasteiger partial charge in [0.25, 0.3) is 0 Å². The van der Waals surface area contributed by atoms with E-state index in [0.717, 1.165) is 10.4 Å². The fourth-order valence-electron chi connectivity index (χ4n) is 1.71. The highest BCUT2D eigenvalue weighted by Gasteiger charge is 2.10. The molecule has 0 amide bonds. The van der Waals surface area contributed by atoms with Gasteiger partial charge in [0.1, 0.15) is 6.61 Å². The minimum atomic E-state index is -0.394. The molecule has 1 aromatic carbocycles. The molecule has 21 heavy (non-hydrogen) atoms. The Hall–Kier alpha value is -2.54. The number of thiophene rings is 1. The van der Waals surface area contributed by atoms with E-state index in [-0.39, 0.29) is 13.2 Å². The summed E-state index contributed by atoms with van der Waals surface area (Å²) in [5.74, 6) is 0.120. The van der Waals surface area contributed by atoms with Crippen LogP contribution in [0.5, 0.6) is 0 Å².